The Labute approximate surface area is 171 Å². The van der Waals surface area contributed by atoms with Crippen molar-refractivity contribution >= 4 is 11.9 Å². The number of rotatable bonds is 5. The van der Waals surface area contributed by atoms with Gasteiger partial charge in [0.05, 0.1) is 0 Å². The summed E-state index contributed by atoms with van der Waals surface area (Å²) in [6, 6.07) is 18.4. The second-order valence-electron chi connectivity index (χ2n) is 7.47. The highest BCUT2D eigenvalue weighted by atomic mass is 16.4. The van der Waals surface area contributed by atoms with Crippen LogP contribution in [-0.4, -0.2) is 51.8 Å². The molecule has 0 aliphatic carbocycles. The van der Waals surface area contributed by atoms with Crippen molar-refractivity contribution in [1.82, 2.24) is 4.90 Å². The van der Waals surface area contributed by atoms with Crippen LogP contribution in [0, 0.1) is 12.8 Å². The summed E-state index contributed by atoms with van der Waals surface area (Å²) in [5.74, 6) is -3.52. The van der Waals surface area contributed by atoms with Gasteiger partial charge in [0.25, 0.3) is 0 Å². The molecule has 1 fully saturated rings. The molecule has 0 radical (unpaired) electrons. The van der Waals surface area contributed by atoms with Gasteiger partial charge in [-0.05, 0) is 49.5 Å². The van der Waals surface area contributed by atoms with Crippen LogP contribution in [0.4, 0.5) is 0 Å². The van der Waals surface area contributed by atoms with E-state index in [9.17, 15) is 5.11 Å². The Bertz CT molecular complexity index is 805. The van der Waals surface area contributed by atoms with Crippen molar-refractivity contribution in [3.8, 4) is 0 Å². The molecule has 2 unspecified atom stereocenters. The maximum atomic E-state index is 11.8. The number of nitrogens with zero attached hydrogens (tertiary/aromatic N) is 1. The van der Waals surface area contributed by atoms with Crippen LogP contribution in [0.2, 0.25) is 0 Å². The largest absolute Gasteiger partial charge is 0.473 e. The van der Waals surface area contributed by atoms with E-state index >= 15 is 0 Å². The van der Waals surface area contributed by atoms with Gasteiger partial charge in [0.2, 0.25) is 0 Å². The van der Waals surface area contributed by atoms with Crippen molar-refractivity contribution in [2.45, 2.75) is 32.3 Å². The summed E-state index contributed by atoms with van der Waals surface area (Å²) in [6.45, 7) is 7.51. The third-order valence-electron chi connectivity index (χ3n) is 5.40. The molecule has 0 amide bonds. The van der Waals surface area contributed by atoms with Crippen molar-refractivity contribution in [2.75, 3.05) is 19.6 Å². The smallest absolute Gasteiger partial charge is 0.414 e. The minimum absolute atomic E-state index is 0.129. The van der Waals surface area contributed by atoms with Crippen LogP contribution in [0.5, 0.6) is 0 Å². The maximum Gasteiger partial charge on any atom is 0.414 e. The lowest BCUT2D eigenvalue weighted by atomic mass is 9.75. The van der Waals surface area contributed by atoms with E-state index in [0.29, 0.717) is 0 Å². The number of benzene rings is 2. The number of carboxylic acid groups (broad SMARTS) is 2. The van der Waals surface area contributed by atoms with Crippen molar-refractivity contribution in [3.63, 3.8) is 0 Å². The third-order valence-corrected chi connectivity index (χ3v) is 5.40. The van der Waals surface area contributed by atoms with Crippen LogP contribution >= 0.6 is 0 Å². The fourth-order valence-electron chi connectivity index (χ4n) is 3.88. The SMILES string of the molecule is Cc1ccccc1C(O)(c1ccccc1)C(C)CN1CCCC1.O=C(O)C(=O)O. The number of aryl methyl sites for hydroxylation is 1. The minimum Gasteiger partial charge on any atom is -0.473 e. The summed E-state index contributed by atoms with van der Waals surface area (Å²) in [4.78, 5) is 20.7. The second kappa shape index (κ2) is 10.2. The molecule has 6 nitrogen and oxygen atoms in total. The van der Waals surface area contributed by atoms with Crippen molar-refractivity contribution < 1.29 is 24.9 Å². The molecule has 0 aromatic heterocycles. The first kappa shape index (κ1) is 22.6. The normalized spacial score (nSPS) is 16.9. The molecule has 2 aromatic carbocycles. The fourth-order valence-corrected chi connectivity index (χ4v) is 3.88. The summed E-state index contributed by atoms with van der Waals surface area (Å²) < 4.78 is 0. The van der Waals surface area contributed by atoms with Gasteiger partial charge in [-0.2, -0.15) is 0 Å². The molecule has 156 valence electrons. The molecule has 1 heterocycles. The number of carbonyl (C=O) groups is 2. The number of hydrogen-bond donors (Lipinski definition) is 3. The summed E-state index contributed by atoms with van der Waals surface area (Å²) in [6.07, 6.45) is 2.56. The van der Waals surface area contributed by atoms with E-state index in [0.717, 1.165) is 36.3 Å². The van der Waals surface area contributed by atoms with Crippen molar-refractivity contribution in [1.29, 1.82) is 0 Å². The molecule has 1 saturated heterocycles. The third kappa shape index (κ3) is 5.65. The topological polar surface area (TPSA) is 98.1 Å². The number of aliphatic carboxylic acids is 2. The number of likely N-dealkylation sites (tertiary alicyclic amines) is 1. The van der Waals surface area contributed by atoms with E-state index in [1.54, 1.807) is 0 Å². The van der Waals surface area contributed by atoms with E-state index in [1.165, 1.54) is 12.8 Å². The lowest BCUT2D eigenvalue weighted by Crippen LogP contribution is -2.41. The van der Waals surface area contributed by atoms with E-state index in [-0.39, 0.29) is 5.92 Å². The predicted molar refractivity (Wildman–Crippen MR) is 111 cm³/mol. The molecular formula is C23H29NO5. The molecule has 0 spiro atoms. The summed E-state index contributed by atoms with van der Waals surface area (Å²) in [7, 11) is 0. The molecule has 0 bridgehead atoms. The summed E-state index contributed by atoms with van der Waals surface area (Å²) >= 11 is 0. The second-order valence-corrected chi connectivity index (χ2v) is 7.47. The molecule has 1 aliphatic rings. The predicted octanol–water partition coefficient (Wildman–Crippen LogP) is 3.12. The van der Waals surface area contributed by atoms with Gasteiger partial charge in [0, 0.05) is 12.5 Å². The fraction of sp³-hybridized carbons (Fsp3) is 0.391. The van der Waals surface area contributed by atoms with Crippen LogP contribution in [0.1, 0.15) is 36.5 Å². The van der Waals surface area contributed by atoms with E-state index in [2.05, 4.69) is 30.9 Å². The Balaban J connectivity index is 0.000000438. The first-order valence-corrected chi connectivity index (χ1v) is 9.79. The van der Waals surface area contributed by atoms with E-state index in [4.69, 9.17) is 19.8 Å². The van der Waals surface area contributed by atoms with Gasteiger partial charge in [0.1, 0.15) is 5.60 Å². The van der Waals surface area contributed by atoms with Crippen LogP contribution in [0.25, 0.3) is 0 Å². The maximum absolute atomic E-state index is 11.8. The van der Waals surface area contributed by atoms with Gasteiger partial charge >= 0.3 is 11.9 Å². The first-order chi connectivity index (χ1) is 13.8. The van der Waals surface area contributed by atoms with E-state index in [1.807, 2.05) is 42.5 Å². The Morgan fingerprint density at radius 1 is 0.966 bits per heavy atom. The van der Waals surface area contributed by atoms with Crippen molar-refractivity contribution in [3.05, 3.63) is 71.3 Å². The number of carboxylic acids is 2. The Kier molecular flexibility index (Phi) is 7.93. The van der Waals surface area contributed by atoms with Crippen LogP contribution < -0.4 is 0 Å². The molecular weight excluding hydrogens is 370 g/mol. The lowest BCUT2D eigenvalue weighted by molar-refractivity contribution is -0.159. The van der Waals surface area contributed by atoms with Gasteiger partial charge in [-0.25, -0.2) is 9.59 Å². The molecule has 29 heavy (non-hydrogen) atoms. The minimum atomic E-state index is -1.82. The van der Waals surface area contributed by atoms with Crippen LogP contribution in [0.3, 0.4) is 0 Å². The molecule has 2 atom stereocenters. The molecule has 3 rings (SSSR count). The van der Waals surface area contributed by atoms with E-state index < -0.39 is 17.5 Å². The molecule has 1 aliphatic heterocycles. The van der Waals surface area contributed by atoms with Gasteiger partial charge < -0.3 is 20.2 Å². The Morgan fingerprint density at radius 3 is 2.00 bits per heavy atom. The highest BCUT2D eigenvalue weighted by molar-refractivity contribution is 6.27. The standard InChI is InChI=1S/C21H27NO.C2H2O4/c1-17-10-6-7-13-20(17)21(23,19-11-4-3-5-12-19)18(2)16-22-14-8-9-15-22;3-1(4)2(5)6/h3-7,10-13,18,23H,8-9,14-16H2,1-2H3;(H,3,4)(H,5,6). The first-order valence-electron chi connectivity index (χ1n) is 9.79. The quantitative estimate of drug-likeness (QED) is 0.669. The van der Waals surface area contributed by atoms with Crippen LogP contribution in [-0.2, 0) is 15.2 Å². The molecule has 2 aromatic rings. The zero-order chi connectivity index (χ0) is 21.4. The van der Waals surface area contributed by atoms with Crippen LogP contribution in [0.15, 0.2) is 54.6 Å². The zero-order valence-electron chi connectivity index (χ0n) is 16.9. The highest BCUT2D eigenvalue weighted by Gasteiger charge is 2.39. The molecule has 6 heteroatoms. The molecule has 0 saturated carbocycles. The van der Waals surface area contributed by atoms with Gasteiger partial charge in [-0.1, -0.05) is 61.5 Å². The Hall–Kier alpha value is -2.70. The number of hydrogen-bond acceptors (Lipinski definition) is 4. The number of aliphatic hydroxyl groups is 1. The van der Waals surface area contributed by atoms with Crippen molar-refractivity contribution in [2.24, 2.45) is 5.92 Å². The Morgan fingerprint density at radius 2 is 1.48 bits per heavy atom. The lowest BCUT2D eigenvalue weighted by Gasteiger charge is -2.38. The summed E-state index contributed by atoms with van der Waals surface area (Å²) in [5.41, 5.74) is 2.21. The molecule has 3 N–H and O–H groups in total. The van der Waals surface area contributed by atoms with Gasteiger partial charge in [0.15, 0.2) is 0 Å². The average molecular weight is 399 g/mol. The van der Waals surface area contributed by atoms with Gasteiger partial charge in [-0.3, -0.25) is 0 Å². The zero-order valence-corrected chi connectivity index (χ0v) is 16.9. The van der Waals surface area contributed by atoms with Gasteiger partial charge in [-0.15, -0.1) is 0 Å². The summed E-state index contributed by atoms with van der Waals surface area (Å²) in [5, 5.41) is 26.6. The highest BCUT2D eigenvalue weighted by Crippen LogP contribution is 2.39. The monoisotopic (exact) mass is 399 g/mol. The average Bonchev–Trinajstić information content (AvgIpc) is 3.22.